The van der Waals surface area contributed by atoms with Gasteiger partial charge in [-0.15, -0.1) is 0 Å². The monoisotopic (exact) mass is 352 g/mol. The highest BCUT2D eigenvalue weighted by Crippen LogP contribution is 2.49. The Morgan fingerprint density at radius 1 is 0.909 bits per heavy atom. The third-order valence-electron chi connectivity index (χ3n) is 5.07. The van der Waals surface area contributed by atoms with Crippen LogP contribution in [-0.2, 0) is 10.2 Å². The fraction of sp³-hybridized carbons (Fsp3) is 0.250. The second kappa shape index (κ2) is 5.20. The van der Waals surface area contributed by atoms with Gasteiger partial charge in [-0.05, 0) is 35.1 Å². The van der Waals surface area contributed by atoms with Crippen LogP contribution < -0.4 is 0 Å². The molecule has 0 unspecified atom stereocenters. The van der Waals surface area contributed by atoms with Crippen LogP contribution >= 0.6 is 15.9 Å². The highest BCUT2D eigenvalue weighted by molar-refractivity contribution is 9.10. The lowest BCUT2D eigenvalue weighted by molar-refractivity contribution is -0.120. The quantitative estimate of drug-likeness (QED) is 0.611. The fourth-order valence-corrected chi connectivity index (χ4v) is 4.77. The van der Waals surface area contributed by atoms with Gasteiger partial charge in [-0.3, -0.25) is 4.79 Å². The van der Waals surface area contributed by atoms with E-state index >= 15 is 0 Å². The summed E-state index contributed by atoms with van der Waals surface area (Å²) in [5.41, 5.74) is 5.18. The second-order valence-corrected chi connectivity index (χ2v) is 7.33. The maximum absolute atomic E-state index is 12.1. The predicted octanol–water partition coefficient (Wildman–Crippen LogP) is 4.97. The molecule has 0 saturated heterocycles. The van der Waals surface area contributed by atoms with Crippen molar-refractivity contribution in [3.05, 3.63) is 70.8 Å². The Labute approximate surface area is 139 Å². The number of benzene rings is 2. The molecule has 1 spiro atoms. The normalized spacial score (nSPS) is 22.0. The van der Waals surface area contributed by atoms with Gasteiger partial charge in [0.25, 0.3) is 0 Å². The Morgan fingerprint density at radius 2 is 1.45 bits per heavy atom. The molecule has 1 nitrogen and oxygen atoms in total. The van der Waals surface area contributed by atoms with Crippen molar-refractivity contribution in [2.75, 3.05) is 0 Å². The molecule has 2 aliphatic rings. The molecule has 1 fully saturated rings. The second-order valence-electron chi connectivity index (χ2n) is 6.23. The molecule has 2 aromatic rings. The number of rotatable bonds is 0. The highest BCUT2D eigenvalue weighted by Gasteiger charge is 2.44. The van der Waals surface area contributed by atoms with Crippen molar-refractivity contribution in [1.29, 1.82) is 0 Å². The van der Waals surface area contributed by atoms with E-state index in [1.54, 1.807) is 0 Å². The maximum atomic E-state index is 12.1. The SMILES string of the molecule is O=C1CCC2(C[C@@H]1Br)c1ccccc1C=Cc1ccccc12. The van der Waals surface area contributed by atoms with Gasteiger partial charge in [0.1, 0.15) is 5.78 Å². The largest absolute Gasteiger partial charge is 0.298 e. The summed E-state index contributed by atoms with van der Waals surface area (Å²) >= 11 is 3.62. The molecule has 1 saturated carbocycles. The van der Waals surface area contributed by atoms with Crippen LogP contribution in [0.15, 0.2) is 48.5 Å². The lowest BCUT2D eigenvalue weighted by Gasteiger charge is -2.41. The minimum absolute atomic E-state index is 0.0551. The van der Waals surface area contributed by atoms with Gasteiger partial charge in [0.2, 0.25) is 0 Å². The Hall–Kier alpha value is -1.67. The Bertz CT molecular complexity index is 725. The topological polar surface area (TPSA) is 17.1 Å². The van der Waals surface area contributed by atoms with E-state index < -0.39 is 0 Å². The van der Waals surface area contributed by atoms with Crippen molar-refractivity contribution < 1.29 is 4.79 Å². The van der Waals surface area contributed by atoms with Gasteiger partial charge in [-0.1, -0.05) is 76.6 Å². The van der Waals surface area contributed by atoms with E-state index in [4.69, 9.17) is 0 Å². The minimum Gasteiger partial charge on any atom is -0.298 e. The van der Waals surface area contributed by atoms with E-state index in [1.807, 2.05) is 0 Å². The molecule has 0 bridgehead atoms. The van der Waals surface area contributed by atoms with Crippen LogP contribution in [0.2, 0.25) is 0 Å². The number of fused-ring (bicyclic) bond motifs is 4. The van der Waals surface area contributed by atoms with Crippen molar-refractivity contribution in [2.24, 2.45) is 0 Å². The third-order valence-corrected chi connectivity index (χ3v) is 5.90. The van der Waals surface area contributed by atoms with Gasteiger partial charge in [-0.25, -0.2) is 0 Å². The van der Waals surface area contributed by atoms with Gasteiger partial charge >= 0.3 is 0 Å². The molecule has 1 atom stereocenters. The number of carbonyl (C=O) groups excluding carboxylic acids is 1. The van der Waals surface area contributed by atoms with Gasteiger partial charge in [0, 0.05) is 11.8 Å². The van der Waals surface area contributed by atoms with Crippen molar-refractivity contribution in [3.8, 4) is 0 Å². The van der Waals surface area contributed by atoms with Crippen molar-refractivity contribution in [1.82, 2.24) is 0 Å². The number of hydrogen-bond acceptors (Lipinski definition) is 1. The molecule has 0 radical (unpaired) electrons. The van der Waals surface area contributed by atoms with Crippen LogP contribution in [0.3, 0.4) is 0 Å². The van der Waals surface area contributed by atoms with Gasteiger partial charge in [0.05, 0.1) is 4.83 Å². The summed E-state index contributed by atoms with van der Waals surface area (Å²) in [6.45, 7) is 0. The minimum atomic E-state index is -0.0707. The van der Waals surface area contributed by atoms with E-state index in [1.165, 1.54) is 22.3 Å². The van der Waals surface area contributed by atoms with Crippen LogP contribution in [0.4, 0.5) is 0 Å². The fourth-order valence-electron chi connectivity index (χ4n) is 3.99. The first kappa shape index (κ1) is 14.0. The summed E-state index contributed by atoms with van der Waals surface area (Å²) in [6.07, 6.45) is 6.79. The van der Waals surface area contributed by atoms with Crippen LogP contribution in [0.25, 0.3) is 12.2 Å². The zero-order valence-electron chi connectivity index (χ0n) is 12.3. The third kappa shape index (κ3) is 2.01. The summed E-state index contributed by atoms with van der Waals surface area (Å²) in [7, 11) is 0. The van der Waals surface area contributed by atoms with Gasteiger partial charge < -0.3 is 0 Å². The number of hydrogen-bond donors (Lipinski definition) is 0. The molecule has 0 N–H and O–H groups in total. The predicted molar refractivity (Wildman–Crippen MR) is 94.2 cm³/mol. The molecule has 2 heteroatoms. The Balaban J connectivity index is 2.00. The molecule has 110 valence electrons. The van der Waals surface area contributed by atoms with Crippen LogP contribution in [0.1, 0.15) is 41.5 Å². The van der Waals surface area contributed by atoms with Crippen molar-refractivity contribution >= 4 is 33.9 Å². The molecule has 0 amide bonds. The summed E-state index contributed by atoms with van der Waals surface area (Å²) in [6, 6.07) is 17.2. The first-order valence-corrected chi connectivity index (χ1v) is 8.66. The molecule has 2 aliphatic carbocycles. The number of alkyl halides is 1. The van der Waals surface area contributed by atoms with E-state index in [0.717, 1.165) is 12.8 Å². The maximum Gasteiger partial charge on any atom is 0.146 e. The molecule has 0 aliphatic heterocycles. The van der Waals surface area contributed by atoms with E-state index in [-0.39, 0.29) is 10.2 Å². The van der Waals surface area contributed by atoms with Gasteiger partial charge in [-0.2, -0.15) is 0 Å². The number of halogens is 1. The lowest BCUT2D eigenvalue weighted by atomic mass is 9.63. The Kier molecular flexibility index (Phi) is 3.30. The molecule has 0 heterocycles. The zero-order valence-corrected chi connectivity index (χ0v) is 13.8. The number of carbonyl (C=O) groups is 1. The van der Waals surface area contributed by atoms with E-state index in [9.17, 15) is 4.79 Å². The van der Waals surface area contributed by atoms with Crippen LogP contribution in [0, 0.1) is 0 Å². The van der Waals surface area contributed by atoms with Gasteiger partial charge in [0.15, 0.2) is 0 Å². The summed E-state index contributed by atoms with van der Waals surface area (Å²) in [5, 5.41) is 0. The van der Waals surface area contributed by atoms with Crippen molar-refractivity contribution in [3.63, 3.8) is 0 Å². The average molecular weight is 353 g/mol. The smallest absolute Gasteiger partial charge is 0.146 e. The summed E-state index contributed by atoms with van der Waals surface area (Å²) in [4.78, 5) is 12.0. The summed E-state index contributed by atoms with van der Waals surface area (Å²) < 4.78 is 0. The average Bonchev–Trinajstić information content (AvgIpc) is 2.68. The first-order chi connectivity index (χ1) is 10.7. The summed E-state index contributed by atoms with van der Waals surface area (Å²) in [5.74, 6) is 0.331. The molecule has 22 heavy (non-hydrogen) atoms. The molecule has 2 aromatic carbocycles. The lowest BCUT2D eigenvalue weighted by Crippen LogP contribution is -2.39. The van der Waals surface area contributed by atoms with Crippen LogP contribution in [-0.4, -0.2) is 10.6 Å². The zero-order chi connectivity index (χ0) is 15.2. The standard InChI is InChI=1S/C20H17BrO/c21-18-13-20(12-11-19(18)22)16-7-3-1-5-14(16)9-10-15-6-2-4-8-17(15)20/h1-10,18H,11-13H2/t18-/m0/s1. The van der Waals surface area contributed by atoms with E-state index in [0.29, 0.717) is 12.2 Å². The number of Topliss-reactive ketones (excluding diaryl/α,β-unsaturated/α-hetero) is 1. The Morgan fingerprint density at radius 3 is 2.00 bits per heavy atom. The van der Waals surface area contributed by atoms with Crippen molar-refractivity contribution in [2.45, 2.75) is 29.5 Å². The molecule has 4 rings (SSSR count). The van der Waals surface area contributed by atoms with E-state index in [2.05, 4.69) is 76.6 Å². The first-order valence-electron chi connectivity index (χ1n) is 7.75. The molecule has 0 aromatic heterocycles. The highest BCUT2D eigenvalue weighted by atomic mass is 79.9. The molecular weight excluding hydrogens is 336 g/mol. The van der Waals surface area contributed by atoms with Crippen LogP contribution in [0.5, 0.6) is 0 Å². The molecular formula is C20H17BrO. The number of ketones is 1.